The smallest absolute Gasteiger partial charge is 0.125 e. The van der Waals surface area contributed by atoms with Crippen molar-refractivity contribution in [3.05, 3.63) is 50.2 Å². The molecule has 112 valence electrons. The van der Waals surface area contributed by atoms with Crippen molar-refractivity contribution in [3.63, 3.8) is 0 Å². The Kier molecular flexibility index (Phi) is 4.53. The fraction of sp³-hybridized carbons (Fsp3) is 0.412. The molecular formula is C17H20ClNOS. The number of nitrogens with one attached hydrogen (secondary N) is 1. The van der Waals surface area contributed by atoms with E-state index < -0.39 is 0 Å². The van der Waals surface area contributed by atoms with Crippen LogP contribution in [0, 0.1) is 13.8 Å². The van der Waals surface area contributed by atoms with E-state index in [-0.39, 0.29) is 0 Å². The van der Waals surface area contributed by atoms with Crippen LogP contribution in [0.3, 0.4) is 0 Å². The third-order valence-corrected chi connectivity index (χ3v) is 4.92. The van der Waals surface area contributed by atoms with Crippen molar-refractivity contribution in [2.24, 2.45) is 0 Å². The molecule has 1 aliphatic carbocycles. The lowest BCUT2D eigenvalue weighted by Gasteiger charge is -2.11. The number of benzene rings is 1. The summed E-state index contributed by atoms with van der Waals surface area (Å²) in [6.07, 6.45) is 2.66. The van der Waals surface area contributed by atoms with Gasteiger partial charge in [-0.25, -0.2) is 0 Å². The van der Waals surface area contributed by atoms with Gasteiger partial charge >= 0.3 is 0 Å². The van der Waals surface area contributed by atoms with Crippen molar-refractivity contribution in [1.82, 2.24) is 5.32 Å². The van der Waals surface area contributed by atoms with Crippen molar-refractivity contribution in [2.45, 2.75) is 45.9 Å². The second-order valence-corrected chi connectivity index (χ2v) is 7.37. The Morgan fingerprint density at radius 1 is 1.19 bits per heavy atom. The average Bonchev–Trinajstić information content (AvgIpc) is 3.14. The molecule has 0 amide bonds. The van der Waals surface area contributed by atoms with Gasteiger partial charge in [0.05, 0.1) is 0 Å². The van der Waals surface area contributed by atoms with Crippen LogP contribution < -0.4 is 10.1 Å². The second-order valence-electron chi connectivity index (χ2n) is 5.68. The first-order valence-corrected chi connectivity index (χ1v) is 8.52. The van der Waals surface area contributed by atoms with Gasteiger partial charge < -0.3 is 10.1 Å². The molecule has 0 aliphatic heterocycles. The van der Waals surface area contributed by atoms with Crippen molar-refractivity contribution in [1.29, 1.82) is 0 Å². The Morgan fingerprint density at radius 3 is 2.52 bits per heavy atom. The van der Waals surface area contributed by atoms with E-state index in [9.17, 15) is 0 Å². The predicted molar refractivity (Wildman–Crippen MR) is 89.4 cm³/mol. The minimum Gasteiger partial charge on any atom is -0.488 e. The molecule has 0 spiro atoms. The molecular weight excluding hydrogens is 302 g/mol. The van der Waals surface area contributed by atoms with Crippen LogP contribution in [0.1, 0.15) is 33.7 Å². The standard InChI is InChI=1S/C17H20ClNOS/c1-11-7-13(18)8-12(2)17(11)20-10-16-6-5-15(21-16)9-19-14-3-4-14/h5-8,14,19H,3-4,9-10H2,1-2H3. The van der Waals surface area contributed by atoms with Gasteiger partial charge in [-0.1, -0.05) is 11.6 Å². The summed E-state index contributed by atoms with van der Waals surface area (Å²) in [6, 6.07) is 9.01. The molecule has 0 atom stereocenters. The molecule has 1 saturated carbocycles. The van der Waals surface area contributed by atoms with E-state index >= 15 is 0 Å². The number of rotatable bonds is 6. The molecule has 0 radical (unpaired) electrons. The van der Waals surface area contributed by atoms with Crippen LogP contribution in [0.15, 0.2) is 24.3 Å². The van der Waals surface area contributed by atoms with Gasteiger partial charge in [-0.2, -0.15) is 0 Å². The van der Waals surface area contributed by atoms with Crippen LogP contribution in [0.25, 0.3) is 0 Å². The lowest BCUT2D eigenvalue weighted by atomic mass is 10.1. The molecule has 1 aromatic carbocycles. The van der Waals surface area contributed by atoms with Gasteiger partial charge in [0.15, 0.2) is 0 Å². The number of hydrogen-bond donors (Lipinski definition) is 1. The van der Waals surface area contributed by atoms with Crippen molar-refractivity contribution < 1.29 is 4.74 Å². The molecule has 1 fully saturated rings. The number of hydrogen-bond acceptors (Lipinski definition) is 3. The molecule has 0 unspecified atom stereocenters. The van der Waals surface area contributed by atoms with Crippen molar-refractivity contribution in [2.75, 3.05) is 0 Å². The first kappa shape index (κ1) is 14.9. The molecule has 2 nitrogen and oxygen atoms in total. The van der Waals surface area contributed by atoms with Crippen molar-refractivity contribution >= 4 is 22.9 Å². The fourth-order valence-corrected chi connectivity index (χ4v) is 3.61. The maximum absolute atomic E-state index is 6.05. The molecule has 1 heterocycles. The largest absolute Gasteiger partial charge is 0.488 e. The molecule has 0 saturated heterocycles. The van der Waals surface area contributed by atoms with Crippen LogP contribution in [-0.4, -0.2) is 6.04 Å². The zero-order chi connectivity index (χ0) is 14.8. The predicted octanol–water partition coefficient (Wildman–Crippen LogP) is 4.85. The Hall–Kier alpha value is -1.03. The minimum atomic E-state index is 0.622. The third kappa shape index (κ3) is 4.00. The summed E-state index contributed by atoms with van der Waals surface area (Å²) in [7, 11) is 0. The van der Waals surface area contributed by atoms with Gasteiger partial charge in [0, 0.05) is 27.4 Å². The van der Waals surface area contributed by atoms with E-state index in [1.807, 2.05) is 37.3 Å². The van der Waals surface area contributed by atoms with Gasteiger partial charge in [-0.3, -0.25) is 0 Å². The van der Waals surface area contributed by atoms with Gasteiger partial charge in [0.25, 0.3) is 0 Å². The minimum absolute atomic E-state index is 0.622. The quantitative estimate of drug-likeness (QED) is 0.821. The normalized spacial score (nSPS) is 14.4. The Bertz CT molecular complexity index is 610. The van der Waals surface area contributed by atoms with Gasteiger partial charge in [0.2, 0.25) is 0 Å². The van der Waals surface area contributed by atoms with E-state index in [1.165, 1.54) is 22.6 Å². The maximum Gasteiger partial charge on any atom is 0.125 e. The zero-order valence-corrected chi connectivity index (χ0v) is 14.0. The van der Waals surface area contributed by atoms with Crippen LogP contribution >= 0.6 is 22.9 Å². The van der Waals surface area contributed by atoms with E-state index in [0.717, 1.165) is 34.5 Å². The highest BCUT2D eigenvalue weighted by atomic mass is 35.5. The highest BCUT2D eigenvalue weighted by molar-refractivity contribution is 7.11. The van der Waals surface area contributed by atoms with Gasteiger partial charge in [0.1, 0.15) is 12.4 Å². The molecule has 4 heteroatoms. The van der Waals surface area contributed by atoms with Crippen LogP contribution in [0.5, 0.6) is 5.75 Å². The summed E-state index contributed by atoms with van der Waals surface area (Å²) in [5, 5.41) is 4.31. The second kappa shape index (κ2) is 6.39. The lowest BCUT2D eigenvalue weighted by Crippen LogP contribution is -2.14. The monoisotopic (exact) mass is 321 g/mol. The molecule has 1 aromatic heterocycles. The Balaban J connectivity index is 1.59. The zero-order valence-electron chi connectivity index (χ0n) is 12.4. The summed E-state index contributed by atoms with van der Waals surface area (Å²) in [5.41, 5.74) is 2.18. The van der Waals surface area contributed by atoms with E-state index in [1.54, 1.807) is 0 Å². The van der Waals surface area contributed by atoms with E-state index in [0.29, 0.717) is 6.61 Å². The summed E-state index contributed by atoms with van der Waals surface area (Å²) in [6.45, 7) is 5.67. The molecule has 2 aromatic rings. The number of halogens is 1. The van der Waals surface area contributed by atoms with E-state index in [2.05, 4.69) is 17.4 Å². The molecule has 21 heavy (non-hydrogen) atoms. The van der Waals surface area contributed by atoms with Crippen molar-refractivity contribution in [3.8, 4) is 5.75 Å². The molecule has 3 rings (SSSR count). The van der Waals surface area contributed by atoms with Gasteiger partial charge in [-0.15, -0.1) is 11.3 Å². The van der Waals surface area contributed by atoms with Gasteiger partial charge in [-0.05, 0) is 62.1 Å². The first-order chi connectivity index (χ1) is 10.1. The number of thiophene rings is 1. The van der Waals surface area contributed by atoms with Crippen LogP contribution in [-0.2, 0) is 13.2 Å². The highest BCUT2D eigenvalue weighted by Crippen LogP contribution is 2.29. The fourth-order valence-electron chi connectivity index (χ4n) is 2.40. The topological polar surface area (TPSA) is 21.3 Å². The molecule has 0 bridgehead atoms. The maximum atomic E-state index is 6.05. The first-order valence-electron chi connectivity index (χ1n) is 7.32. The molecule has 1 aliphatic rings. The Labute approximate surface area is 135 Å². The highest BCUT2D eigenvalue weighted by Gasteiger charge is 2.20. The summed E-state index contributed by atoms with van der Waals surface area (Å²) in [5.74, 6) is 0.949. The third-order valence-electron chi connectivity index (χ3n) is 3.64. The summed E-state index contributed by atoms with van der Waals surface area (Å²) >= 11 is 7.87. The SMILES string of the molecule is Cc1cc(Cl)cc(C)c1OCc1ccc(CNC2CC2)s1. The van der Waals surface area contributed by atoms with Crippen LogP contribution in [0.4, 0.5) is 0 Å². The number of ether oxygens (including phenoxy) is 1. The summed E-state index contributed by atoms with van der Waals surface area (Å²) in [4.78, 5) is 2.64. The van der Waals surface area contributed by atoms with E-state index in [4.69, 9.17) is 16.3 Å². The lowest BCUT2D eigenvalue weighted by molar-refractivity contribution is 0.305. The summed E-state index contributed by atoms with van der Waals surface area (Å²) < 4.78 is 5.99. The molecule has 1 N–H and O–H groups in total. The Morgan fingerprint density at radius 2 is 1.86 bits per heavy atom. The average molecular weight is 322 g/mol. The number of aryl methyl sites for hydroxylation is 2. The van der Waals surface area contributed by atoms with Crippen LogP contribution in [0.2, 0.25) is 5.02 Å².